The standard InChI is InChI=1S/C34H21N5O.C20H13NO.C15H10ClN3/c1-4-12-22(13-5-1)31-36-32(23-14-6-2-7-15-23)38-34(37-31)39-28-19-11-10-18-25(28)26-20-27-30(21-29(26)39)40-33(35-27)24-16-8-3-9-17-24;1-2-6-13(7-3-1)20-21-18-12-17-15(11-19(18)22-20)10-14-8-4-5-9-16(14)17;16-15-18-13(11-7-3-1-4-8-11)17-14(19-15)12-9-5-2-6-10-12/h1-21H;1-9,11-12H,10H2;1-10H. The molecule has 0 fully saturated rings. The minimum atomic E-state index is 0.202. The van der Waals surface area contributed by atoms with E-state index in [1.54, 1.807) is 0 Å². The van der Waals surface area contributed by atoms with E-state index in [9.17, 15) is 0 Å². The molecule has 5 heterocycles. The van der Waals surface area contributed by atoms with Gasteiger partial charge in [0.2, 0.25) is 23.0 Å². The molecule has 0 saturated heterocycles. The van der Waals surface area contributed by atoms with Gasteiger partial charge in [-0.15, -0.1) is 0 Å². The third-order valence-electron chi connectivity index (χ3n) is 14.1. The van der Waals surface area contributed by atoms with Crippen molar-refractivity contribution in [2.24, 2.45) is 0 Å². The average molecular weight is 1070 g/mol. The molecular weight excluding hydrogens is 1020 g/mol. The maximum Gasteiger partial charge on any atom is 0.238 e. The van der Waals surface area contributed by atoms with Gasteiger partial charge in [-0.2, -0.15) is 19.9 Å². The second-order valence-electron chi connectivity index (χ2n) is 19.3. The molecule has 15 aromatic rings. The zero-order chi connectivity index (χ0) is 54.1. The zero-order valence-electron chi connectivity index (χ0n) is 43.2. The van der Waals surface area contributed by atoms with Crippen molar-refractivity contribution >= 4 is 55.6 Å². The quantitative estimate of drug-likeness (QED) is 0.152. The highest BCUT2D eigenvalue weighted by molar-refractivity contribution is 6.28. The van der Waals surface area contributed by atoms with Crippen LogP contribution in [-0.4, -0.2) is 44.4 Å². The second kappa shape index (κ2) is 21.2. The minimum absolute atomic E-state index is 0.202. The van der Waals surface area contributed by atoms with Gasteiger partial charge in [0.25, 0.3) is 0 Å². The van der Waals surface area contributed by atoms with Gasteiger partial charge in [-0.05, 0) is 88.8 Å². The molecule has 0 radical (unpaired) electrons. The summed E-state index contributed by atoms with van der Waals surface area (Å²) in [6.07, 6.45) is 0.975. The van der Waals surface area contributed by atoms with Crippen molar-refractivity contribution in [3.05, 3.63) is 271 Å². The number of hydrogen-bond donors (Lipinski definition) is 0. The van der Waals surface area contributed by atoms with E-state index in [0.29, 0.717) is 46.6 Å². The molecule has 384 valence electrons. The van der Waals surface area contributed by atoms with Gasteiger partial charge >= 0.3 is 0 Å². The van der Waals surface area contributed by atoms with Gasteiger partial charge in [-0.3, -0.25) is 4.57 Å². The summed E-state index contributed by atoms with van der Waals surface area (Å²) < 4.78 is 14.3. The summed E-state index contributed by atoms with van der Waals surface area (Å²) in [6, 6.07) is 84.7. The Hall–Kier alpha value is -10.8. The Bertz CT molecular complexity index is 4610. The van der Waals surface area contributed by atoms with Gasteiger partial charge in [0.1, 0.15) is 11.0 Å². The van der Waals surface area contributed by atoms with Crippen molar-refractivity contribution in [3.63, 3.8) is 0 Å². The van der Waals surface area contributed by atoms with Gasteiger partial charge in [0.05, 0.1) is 11.0 Å². The van der Waals surface area contributed by atoms with E-state index in [1.165, 1.54) is 22.3 Å². The molecule has 81 heavy (non-hydrogen) atoms. The first-order valence-corrected chi connectivity index (χ1v) is 26.8. The number of aromatic nitrogens is 9. The minimum Gasteiger partial charge on any atom is -0.436 e. The fourth-order valence-corrected chi connectivity index (χ4v) is 10.4. The van der Waals surface area contributed by atoms with Crippen molar-refractivity contribution in [3.8, 4) is 85.5 Å². The van der Waals surface area contributed by atoms with E-state index >= 15 is 0 Å². The Kier molecular flexibility index (Phi) is 12.7. The normalized spacial score (nSPS) is 11.5. The lowest BCUT2D eigenvalue weighted by Gasteiger charge is -2.10. The van der Waals surface area contributed by atoms with Crippen molar-refractivity contribution in [2.45, 2.75) is 6.42 Å². The molecule has 12 heteroatoms. The Labute approximate surface area is 469 Å². The summed E-state index contributed by atoms with van der Waals surface area (Å²) in [5.41, 5.74) is 16.2. The molecule has 0 unspecified atom stereocenters. The summed E-state index contributed by atoms with van der Waals surface area (Å²) in [4.78, 5) is 37.2. The number of rotatable bonds is 7. The van der Waals surface area contributed by atoms with Crippen molar-refractivity contribution in [1.82, 2.24) is 44.4 Å². The average Bonchev–Trinajstić information content (AvgIpc) is 3.87. The van der Waals surface area contributed by atoms with Crippen LogP contribution >= 0.6 is 11.6 Å². The number of hydrogen-bond acceptors (Lipinski definition) is 10. The summed E-state index contributed by atoms with van der Waals surface area (Å²) in [7, 11) is 0. The highest BCUT2D eigenvalue weighted by Crippen LogP contribution is 2.40. The number of para-hydroxylation sites is 1. The summed E-state index contributed by atoms with van der Waals surface area (Å²) in [6.45, 7) is 0. The Morgan fingerprint density at radius 3 is 1.26 bits per heavy atom. The number of nitrogens with zero attached hydrogens (tertiary/aromatic N) is 9. The van der Waals surface area contributed by atoms with Crippen LogP contribution in [0.4, 0.5) is 0 Å². The van der Waals surface area contributed by atoms with Crippen molar-refractivity contribution in [2.75, 3.05) is 0 Å². The van der Waals surface area contributed by atoms with E-state index in [2.05, 4.69) is 79.1 Å². The molecular formula is C69H44ClN9O2. The van der Waals surface area contributed by atoms with Crippen LogP contribution in [0, 0.1) is 0 Å². The molecule has 0 amide bonds. The maximum atomic E-state index is 6.26. The van der Waals surface area contributed by atoms with Crippen molar-refractivity contribution < 1.29 is 8.83 Å². The topological polar surface area (TPSA) is 134 Å². The number of halogens is 1. The molecule has 16 rings (SSSR count). The number of fused-ring (bicyclic) bond motifs is 8. The van der Waals surface area contributed by atoms with Crippen LogP contribution < -0.4 is 0 Å². The zero-order valence-corrected chi connectivity index (χ0v) is 43.9. The monoisotopic (exact) mass is 1070 g/mol. The lowest BCUT2D eigenvalue weighted by Crippen LogP contribution is -2.06. The van der Waals surface area contributed by atoms with Crippen LogP contribution in [0.5, 0.6) is 0 Å². The van der Waals surface area contributed by atoms with E-state index in [-0.39, 0.29) is 5.28 Å². The lowest BCUT2D eigenvalue weighted by atomic mass is 10.1. The fraction of sp³-hybridized carbons (Fsp3) is 0.0145. The van der Waals surface area contributed by atoms with E-state index in [1.807, 2.05) is 200 Å². The lowest BCUT2D eigenvalue weighted by molar-refractivity contribution is 0.619. The molecule has 11 nitrogen and oxygen atoms in total. The van der Waals surface area contributed by atoms with Gasteiger partial charge in [-0.1, -0.05) is 200 Å². The number of benzene rings is 10. The fourth-order valence-electron chi connectivity index (χ4n) is 10.2. The molecule has 0 atom stereocenters. The number of oxazole rings is 2. The Morgan fingerprint density at radius 2 is 0.741 bits per heavy atom. The highest BCUT2D eigenvalue weighted by Gasteiger charge is 2.22. The van der Waals surface area contributed by atoms with Crippen LogP contribution in [0.3, 0.4) is 0 Å². The molecule has 10 aromatic carbocycles. The SMILES string of the molecule is Clc1nc(-c2ccccc2)nc(-c2ccccc2)n1.c1ccc(-c2nc(-c3ccccc3)nc(-n3c4ccccc4c4cc5nc(-c6ccccc6)oc5cc43)n2)cc1.c1ccc(-c2nc3cc4c(cc3o2)Cc2ccccc2-4)cc1. The molecule has 1 aliphatic rings. The van der Waals surface area contributed by atoms with Crippen LogP contribution in [-0.2, 0) is 6.42 Å². The summed E-state index contributed by atoms with van der Waals surface area (Å²) >= 11 is 5.99. The first kappa shape index (κ1) is 48.6. The summed E-state index contributed by atoms with van der Waals surface area (Å²) in [5, 5.41) is 2.35. The van der Waals surface area contributed by atoms with E-state index in [0.717, 1.165) is 78.2 Å². The molecule has 0 spiro atoms. The summed E-state index contributed by atoms with van der Waals surface area (Å²) in [5.74, 6) is 4.22. The first-order valence-electron chi connectivity index (χ1n) is 26.4. The van der Waals surface area contributed by atoms with Crippen LogP contribution in [0.25, 0.3) is 130 Å². The molecule has 0 bridgehead atoms. The second-order valence-corrected chi connectivity index (χ2v) is 19.6. The third kappa shape index (κ3) is 9.75. The highest BCUT2D eigenvalue weighted by atomic mass is 35.5. The smallest absolute Gasteiger partial charge is 0.238 e. The van der Waals surface area contributed by atoms with Gasteiger partial charge in [-0.25, -0.2) is 19.9 Å². The molecule has 1 aliphatic carbocycles. The first-order chi connectivity index (χ1) is 40.0. The van der Waals surface area contributed by atoms with E-state index < -0.39 is 0 Å². The van der Waals surface area contributed by atoms with Crippen LogP contribution in [0.2, 0.25) is 5.28 Å². The Morgan fingerprint density at radius 1 is 0.321 bits per heavy atom. The van der Waals surface area contributed by atoms with Crippen LogP contribution in [0.1, 0.15) is 11.1 Å². The van der Waals surface area contributed by atoms with Gasteiger partial charge < -0.3 is 8.83 Å². The molecule has 5 aromatic heterocycles. The molecule has 0 N–H and O–H groups in total. The largest absolute Gasteiger partial charge is 0.436 e. The van der Waals surface area contributed by atoms with Crippen LogP contribution in [0.15, 0.2) is 264 Å². The predicted molar refractivity (Wildman–Crippen MR) is 321 cm³/mol. The third-order valence-corrected chi connectivity index (χ3v) is 14.3. The van der Waals surface area contributed by atoms with Crippen molar-refractivity contribution in [1.29, 1.82) is 0 Å². The van der Waals surface area contributed by atoms with Gasteiger partial charge in [0.15, 0.2) is 34.5 Å². The Balaban J connectivity index is 0.000000121. The van der Waals surface area contributed by atoms with Gasteiger partial charge in [0, 0.05) is 50.2 Å². The molecule has 0 aliphatic heterocycles. The predicted octanol–water partition coefficient (Wildman–Crippen LogP) is 17.0. The van der Waals surface area contributed by atoms with E-state index in [4.69, 9.17) is 40.4 Å². The maximum absolute atomic E-state index is 6.26. The molecule has 0 saturated carbocycles.